The average Bonchev–Trinajstić information content (AvgIpc) is 2.87. The van der Waals surface area contributed by atoms with Crippen molar-refractivity contribution in [2.24, 2.45) is 0 Å². The van der Waals surface area contributed by atoms with Crippen LogP contribution in [0.15, 0.2) is 146 Å². The molecule has 0 unspecified atom stereocenters. The maximum atomic E-state index is 7.18. The van der Waals surface area contributed by atoms with Crippen molar-refractivity contribution < 1.29 is 0 Å². The molecule has 0 heterocycles. The number of para-hydroxylation sites is 3. The van der Waals surface area contributed by atoms with Gasteiger partial charge in [0.25, 0.3) is 0 Å². The fourth-order valence-corrected chi connectivity index (χ4v) is 4.09. The smallest absolute Gasteiger partial charge is 0.0887 e. The molecule has 0 bridgehead atoms. The van der Waals surface area contributed by atoms with Crippen molar-refractivity contribution in [3.05, 3.63) is 151 Å². The van der Waals surface area contributed by atoms with Crippen LogP contribution in [0.5, 0.6) is 0 Å². The molecule has 162 valence electrons. The van der Waals surface area contributed by atoms with Gasteiger partial charge in [-0.2, -0.15) is 0 Å². The molecule has 2 nitrogen and oxygen atoms in total. The highest BCUT2D eigenvalue weighted by molar-refractivity contribution is 6.36. The molecule has 0 atom stereocenters. The Kier molecular flexibility index (Phi) is 7.09. The van der Waals surface area contributed by atoms with E-state index in [4.69, 9.17) is 11.6 Å². The summed E-state index contributed by atoms with van der Waals surface area (Å²) in [7, 11) is 0. The highest BCUT2D eigenvalue weighted by Crippen LogP contribution is 2.45. The summed E-state index contributed by atoms with van der Waals surface area (Å²) in [5.41, 5.74) is 5.65. The molecule has 0 radical (unpaired) electrons. The Morgan fingerprint density at radius 1 is 0.606 bits per heavy atom. The molecule has 0 N–H and O–H groups in total. The predicted octanol–water partition coefficient (Wildman–Crippen LogP) is 9.20. The van der Waals surface area contributed by atoms with Gasteiger partial charge in [0.2, 0.25) is 0 Å². The lowest BCUT2D eigenvalue weighted by Crippen LogP contribution is -2.17. The SMILES string of the molecule is C=C/C=C(\C=C)N(c1ccccc1)c1cccc(N(c2ccccc2)c2ccccc2)c1Cl. The summed E-state index contributed by atoms with van der Waals surface area (Å²) in [6.07, 6.45) is 5.49. The first-order valence-corrected chi connectivity index (χ1v) is 11.1. The van der Waals surface area contributed by atoms with Crippen molar-refractivity contribution in [1.29, 1.82) is 0 Å². The molecule has 0 fully saturated rings. The van der Waals surface area contributed by atoms with Crippen LogP contribution in [0.25, 0.3) is 0 Å². The Morgan fingerprint density at radius 2 is 1.09 bits per heavy atom. The van der Waals surface area contributed by atoms with Gasteiger partial charge in [0, 0.05) is 22.8 Å². The van der Waals surface area contributed by atoms with E-state index in [-0.39, 0.29) is 0 Å². The first-order valence-electron chi connectivity index (χ1n) is 10.7. The van der Waals surface area contributed by atoms with Crippen molar-refractivity contribution in [1.82, 2.24) is 0 Å². The standard InChI is InChI=1S/C30H25ClN2/c1-3-15-24(4-2)32(25-16-8-5-9-17-25)28-22-14-23-29(30(28)31)33(26-18-10-6-11-19-26)27-20-12-7-13-21-27/h3-23H,1-2H2/b24-15+. The van der Waals surface area contributed by atoms with Crippen molar-refractivity contribution in [2.45, 2.75) is 0 Å². The number of benzene rings is 4. The van der Waals surface area contributed by atoms with E-state index in [9.17, 15) is 0 Å². The molecule has 0 aliphatic heterocycles. The number of halogens is 1. The lowest BCUT2D eigenvalue weighted by molar-refractivity contribution is 1.20. The van der Waals surface area contributed by atoms with Gasteiger partial charge in [-0.05, 0) is 60.7 Å². The predicted molar refractivity (Wildman–Crippen MR) is 143 cm³/mol. The minimum absolute atomic E-state index is 0.630. The molecule has 0 aliphatic carbocycles. The van der Waals surface area contributed by atoms with Crippen molar-refractivity contribution in [2.75, 3.05) is 9.80 Å². The Bertz CT molecular complexity index is 1210. The molecule has 0 saturated heterocycles. The van der Waals surface area contributed by atoms with Crippen molar-refractivity contribution in [3.8, 4) is 0 Å². The van der Waals surface area contributed by atoms with E-state index in [1.54, 1.807) is 6.08 Å². The number of hydrogen-bond acceptors (Lipinski definition) is 2. The van der Waals surface area contributed by atoms with Crippen molar-refractivity contribution in [3.63, 3.8) is 0 Å². The number of rotatable bonds is 8. The third-order valence-corrected chi connectivity index (χ3v) is 5.63. The lowest BCUT2D eigenvalue weighted by Gasteiger charge is -2.31. The van der Waals surface area contributed by atoms with Gasteiger partial charge in [0.15, 0.2) is 0 Å². The minimum Gasteiger partial charge on any atom is -0.309 e. The summed E-state index contributed by atoms with van der Waals surface area (Å²) < 4.78 is 0. The molecule has 33 heavy (non-hydrogen) atoms. The average molecular weight is 449 g/mol. The van der Waals surface area contributed by atoms with Crippen LogP contribution in [0.1, 0.15) is 0 Å². The van der Waals surface area contributed by atoms with Crippen LogP contribution in [-0.2, 0) is 0 Å². The fraction of sp³-hybridized carbons (Fsp3) is 0. The van der Waals surface area contributed by atoms with E-state index >= 15 is 0 Å². The third kappa shape index (κ3) is 4.77. The maximum Gasteiger partial charge on any atom is 0.0887 e. The molecule has 4 aromatic rings. The maximum absolute atomic E-state index is 7.18. The fourth-order valence-electron chi connectivity index (χ4n) is 3.79. The number of hydrogen-bond donors (Lipinski definition) is 0. The Hall–Kier alpha value is -4.01. The van der Waals surface area contributed by atoms with Crippen LogP contribution in [0.4, 0.5) is 28.4 Å². The first-order chi connectivity index (χ1) is 16.2. The molecule has 0 aliphatic rings. The quantitative estimate of drug-likeness (QED) is 0.248. The van der Waals surface area contributed by atoms with E-state index in [2.05, 4.69) is 59.4 Å². The molecule has 3 heteroatoms. The normalized spacial score (nSPS) is 11.0. The molecule has 0 saturated carbocycles. The Morgan fingerprint density at radius 3 is 1.58 bits per heavy atom. The van der Waals surface area contributed by atoms with Gasteiger partial charge in [-0.15, -0.1) is 0 Å². The number of allylic oxidation sites excluding steroid dienone is 3. The Balaban J connectivity index is 1.93. The van der Waals surface area contributed by atoms with Gasteiger partial charge in [-0.3, -0.25) is 0 Å². The second-order valence-electron chi connectivity index (χ2n) is 7.32. The van der Waals surface area contributed by atoms with Crippen LogP contribution in [-0.4, -0.2) is 0 Å². The monoisotopic (exact) mass is 448 g/mol. The van der Waals surface area contributed by atoms with Crippen LogP contribution < -0.4 is 9.80 Å². The molecule has 0 spiro atoms. The van der Waals surface area contributed by atoms with Gasteiger partial charge >= 0.3 is 0 Å². The molecule has 4 rings (SSSR count). The minimum atomic E-state index is 0.630. The van der Waals surface area contributed by atoms with Crippen LogP contribution in [0.3, 0.4) is 0 Å². The summed E-state index contributed by atoms with van der Waals surface area (Å²) in [5.74, 6) is 0. The van der Waals surface area contributed by atoms with Crippen molar-refractivity contribution >= 4 is 40.0 Å². The van der Waals surface area contributed by atoms with Gasteiger partial charge in [-0.1, -0.05) is 91.5 Å². The topological polar surface area (TPSA) is 6.48 Å². The largest absolute Gasteiger partial charge is 0.309 e. The Labute approximate surface area is 201 Å². The van der Waals surface area contributed by atoms with E-state index in [1.165, 1.54) is 0 Å². The third-order valence-electron chi connectivity index (χ3n) is 5.24. The summed E-state index contributed by atoms with van der Waals surface area (Å²) in [5, 5.41) is 0.630. The van der Waals surface area contributed by atoms with Gasteiger partial charge in [-0.25, -0.2) is 0 Å². The van der Waals surface area contributed by atoms with Gasteiger partial charge < -0.3 is 9.80 Å². The summed E-state index contributed by atoms with van der Waals surface area (Å²) in [4.78, 5) is 4.26. The zero-order valence-electron chi connectivity index (χ0n) is 18.3. The summed E-state index contributed by atoms with van der Waals surface area (Å²) in [6.45, 7) is 7.90. The van der Waals surface area contributed by atoms with Gasteiger partial charge in [0.1, 0.15) is 0 Å². The number of anilines is 5. The highest BCUT2D eigenvalue weighted by atomic mass is 35.5. The van der Waals surface area contributed by atoms with Gasteiger partial charge in [0.05, 0.1) is 16.4 Å². The zero-order valence-corrected chi connectivity index (χ0v) is 19.1. The molecule has 0 amide bonds. The second kappa shape index (κ2) is 10.5. The van der Waals surface area contributed by atoms with E-state index in [1.807, 2.05) is 84.9 Å². The van der Waals surface area contributed by atoms with E-state index in [0.29, 0.717) is 5.02 Å². The zero-order chi connectivity index (χ0) is 23.0. The molecule has 0 aromatic heterocycles. The number of nitrogens with zero attached hydrogens (tertiary/aromatic N) is 2. The molecular formula is C30H25ClN2. The summed E-state index contributed by atoms with van der Waals surface area (Å²) >= 11 is 7.18. The van der Waals surface area contributed by atoms with Crippen LogP contribution in [0.2, 0.25) is 5.02 Å². The van der Waals surface area contributed by atoms with E-state index < -0.39 is 0 Å². The second-order valence-corrected chi connectivity index (χ2v) is 7.70. The molecular weight excluding hydrogens is 424 g/mol. The van der Waals surface area contributed by atoms with Crippen LogP contribution >= 0.6 is 11.6 Å². The lowest BCUT2D eigenvalue weighted by atomic mass is 10.1. The summed E-state index contributed by atoms with van der Waals surface area (Å²) in [6, 6.07) is 36.7. The first kappa shape index (κ1) is 22.2. The van der Waals surface area contributed by atoms with E-state index in [0.717, 1.165) is 34.1 Å². The van der Waals surface area contributed by atoms with Crippen LogP contribution in [0, 0.1) is 0 Å². The molecule has 4 aromatic carbocycles. The highest BCUT2D eigenvalue weighted by Gasteiger charge is 2.21.